The molecule has 4 aromatic rings. The fraction of sp³-hybridized carbons (Fsp3) is 0.167. The van der Waals surface area contributed by atoms with Crippen LogP contribution >= 0.6 is 50.5 Å². The first kappa shape index (κ1) is 21.8. The van der Waals surface area contributed by atoms with Gasteiger partial charge in [-0.05, 0) is 23.3 Å². The zero-order chi connectivity index (χ0) is 22.2. The molecule has 0 bridgehead atoms. The SMILES string of the molecule is Sc1cc([C@H]2[C@H](c3ccccc3)[C@H](c3cc(S)nc(S)n3)[C@H]2c2ccccc2)nc(S)n1. The van der Waals surface area contributed by atoms with Crippen molar-refractivity contribution in [2.45, 2.75) is 44.0 Å². The number of thiol groups is 4. The van der Waals surface area contributed by atoms with Crippen molar-refractivity contribution in [2.24, 2.45) is 0 Å². The van der Waals surface area contributed by atoms with Gasteiger partial charge in [-0.2, -0.15) is 0 Å². The highest BCUT2D eigenvalue weighted by Crippen LogP contribution is 2.66. The van der Waals surface area contributed by atoms with Gasteiger partial charge in [0.2, 0.25) is 0 Å². The molecule has 2 heterocycles. The molecule has 8 heteroatoms. The summed E-state index contributed by atoms with van der Waals surface area (Å²) in [6.07, 6.45) is 0. The molecule has 0 radical (unpaired) electrons. The highest BCUT2D eigenvalue weighted by molar-refractivity contribution is 7.81. The number of rotatable bonds is 4. The van der Waals surface area contributed by atoms with Crippen LogP contribution in [0, 0.1) is 0 Å². The van der Waals surface area contributed by atoms with Gasteiger partial charge in [0.15, 0.2) is 10.3 Å². The average Bonchev–Trinajstić information content (AvgIpc) is 2.73. The van der Waals surface area contributed by atoms with Gasteiger partial charge in [-0.15, -0.1) is 50.5 Å². The first-order valence-corrected chi connectivity index (χ1v) is 11.9. The third kappa shape index (κ3) is 4.17. The van der Waals surface area contributed by atoms with Crippen LogP contribution in [0.3, 0.4) is 0 Å². The van der Waals surface area contributed by atoms with E-state index in [1.165, 1.54) is 11.1 Å². The van der Waals surface area contributed by atoms with Crippen molar-refractivity contribution in [3.63, 3.8) is 0 Å². The summed E-state index contributed by atoms with van der Waals surface area (Å²) >= 11 is 17.8. The van der Waals surface area contributed by atoms with Gasteiger partial charge in [0.25, 0.3) is 0 Å². The quantitative estimate of drug-likeness (QED) is 0.164. The summed E-state index contributed by atoms with van der Waals surface area (Å²) in [5.41, 5.74) is 4.32. The van der Waals surface area contributed by atoms with E-state index in [0.29, 0.717) is 20.4 Å². The Hall–Kier alpha value is -2.00. The number of nitrogens with zero attached hydrogens (tertiary/aromatic N) is 4. The Balaban J connectivity index is 1.72. The second kappa shape index (κ2) is 9.09. The topological polar surface area (TPSA) is 51.6 Å². The maximum Gasteiger partial charge on any atom is 0.185 e. The predicted molar refractivity (Wildman–Crippen MR) is 137 cm³/mol. The maximum atomic E-state index is 4.71. The number of benzene rings is 2. The number of hydrogen-bond acceptors (Lipinski definition) is 8. The Morgan fingerprint density at radius 1 is 0.469 bits per heavy atom. The smallest absolute Gasteiger partial charge is 0.185 e. The van der Waals surface area contributed by atoms with E-state index in [4.69, 9.17) is 9.97 Å². The predicted octanol–water partition coefficient (Wildman–Crippen LogP) is 5.87. The van der Waals surface area contributed by atoms with E-state index in [9.17, 15) is 0 Å². The van der Waals surface area contributed by atoms with Gasteiger partial charge >= 0.3 is 0 Å². The van der Waals surface area contributed by atoms with Crippen molar-refractivity contribution in [1.29, 1.82) is 0 Å². The van der Waals surface area contributed by atoms with Gasteiger partial charge < -0.3 is 0 Å². The lowest BCUT2D eigenvalue weighted by Crippen LogP contribution is -2.41. The van der Waals surface area contributed by atoms with Crippen molar-refractivity contribution in [1.82, 2.24) is 19.9 Å². The largest absolute Gasteiger partial charge is 0.227 e. The highest BCUT2D eigenvalue weighted by atomic mass is 32.1. The van der Waals surface area contributed by atoms with Crippen molar-refractivity contribution in [3.8, 4) is 0 Å². The molecule has 0 atom stereocenters. The standard InChI is InChI=1S/C24H20N4S4/c29-17-11-15(25-23(31)27-17)21-19(13-7-3-1-4-8-13)22(16-12-18(30)28-24(32)26-16)20(21)14-9-5-2-6-10-14/h1-12,19-22H,(H2,25,27,29,31)(H2,26,28,30,32)/t19-,20-,21-,22-. The van der Waals surface area contributed by atoms with Crippen molar-refractivity contribution in [2.75, 3.05) is 0 Å². The molecule has 2 aromatic heterocycles. The van der Waals surface area contributed by atoms with E-state index < -0.39 is 0 Å². The third-order valence-corrected chi connectivity index (χ3v) is 6.90. The number of aromatic nitrogens is 4. The molecule has 2 aromatic carbocycles. The molecular weight excluding hydrogens is 473 g/mol. The van der Waals surface area contributed by atoms with Crippen molar-refractivity contribution in [3.05, 3.63) is 95.3 Å². The Labute approximate surface area is 209 Å². The molecule has 0 unspecified atom stereocenters. The minimum atomic E-state index is 0.103. The van der Waals surface area contributed by atoms with E-state index in [2.05, 4.69) is 109 Å². The van der Waals surface area contributed by atoms with Crippen LogP contribution < -0.4 is 0 Å². The minimum absolute atomic E-state index is 0.103. The van der Waals surface area contributed by atoms with Gasteiger partial charge in [-0.25, -0.2) is 19.9 Å². The van der Waals surface area contributed by atoms with E-state index >= 15 is 0 Å². The molecule has 0 aliphatic heterocycles. The van der Waals surface area contributed by atoms with Crippen LogP contribution in [0.25, 0.3) is 0 Å². The zero-order valence-electron chi connectivity index (χ0n) is 16.8. The molecule has 4 nitrogen and oxygen atoms in total. The Morgan fingerprint density at radius 3 is 1.19 bits per heavy atom. The van der Waals surface area contributed by atoms with Crippen LogP contribution in [0.4, 0.5) is 0 Å². The highest BCUT2D eigenvalue weighted by Gasteiger charge is 2.54. The first-order valence-electron chi connectivity index (χ1n) is 10.1. The van der Waals surface area contributed by atoms with Crippen LogP contribution in [0.5, 0.6) is 0 Å². The van der Waals surface area contributed by atoms with E-state index in [1.807, 2.05) is 24.3 Å². The molecule has 160 valence electrons. The van der Waals surface area contributed by atoms with E-state index in [1.54, 1.807) is 0 Å². The Bertz CT molecular complexity index is 1110. The van der Waals surface area contributed by atoms with Crippen molar-refractivity contribution >= 4 is 50.5 Å². The summed E-state index contributed by atoms with van der Waals surface area (Å²) in [6.45, 7) is 0. The fourth-order valence-corrected chi connectivity index (χ4v) is 5.94. The second-order valence-electron chi connectivity index (χ2n) is 7.83. The molecule has 1 aliphatic carbocycles. The normalized spacial score (nSPS) is 22.4. The summed E-state index contributed by atoms with van der Waals surface area (Å²) in [6, 6.07) is 24.9. The van der Waals surface area contributed by atoms with Crippen molar-refractivity contribution < 1.29 is 0 Å². The van der Waals surface area contributed by atoms with Crippen LogP contribution in [-0.2, 0) is 0 Å². The Kier molecular flexibility index (Phi) is 6.20. The minimum Gasteiger partial charge on any atom is -0.227 e. The van der Waals surface area contributed by atoms with Gasteiger partial charge in [0, 0.05) is 23.7 Å². The zero-order valence-corrected chi connectivity index (χ0v) is 20.4. The molecule has 1 aliphatic rings. The molecule has 0 spiro atoms. The summed E-state index contributed by atoms with van der Waals surface area (Å²) in [5.74, 6) is 0.497. The summed E-state index contributed by atoms with van der Waals surface area (Å²) in [7, 11) is 0. The summed E-state index contributed by atoms with van der Waals surface area (Å²) < 4.78 is 0. The van der Waals surface area contributed by atoms with Crippen LogP contribution in [0.15, 0.2) is 93.2 Å². The summed E-state index contributed by atoms with van der Waals surface area (Å²) in [4.78, 5) is 17.9. The molecule has 32 heavy (non-hydrogen) atoms. The molecule has 0 amide bonds. The van der Waals surface area contributed by atoms with E-state index in [-0.39, 0.29) is 23.7 Å². The molecule has 5 rings (SSSR count). The lowest BCUT2D eigenvalue weighted by atomic mass is 9.50. The van der Waals surface area contributed by atoms with E-state index in [0.717, 1.165) is 11.4 Å². The van der Waals surface area contributed by atoms with Crippen LogP contribution in [-0.4, -0.2) is 19.9 Å². The monoisotopic (exact) mass is 492 g/mol. The third-order valence-electron chi connectivity index (χ3n) is 6.04. The molecular formula is C24H20N4S4. The molecule has 1 saturated carbocycles. The molecule has 1 fully saturated rings. The van der Waals surface area contributed by atoms with Gasteiger partial charge in [0.05, 0.1) is 21.4 Å². The van der Waals surface area contributed by atoms with Gasteiger partial charge in [-0.1, -0.05) is 60.7 Å². The fourth-order valence-electron chi connectivity index (χ4n) is 4.88. The first-order chi connectivity index (χ1) is 15.5. The lowest BCUT2D eigenvalue weighted by Gasteiger charge is -2.52. The second-order valence-corrected chi connectivity index (χ2v) is 9.54. The number of hydrogen-bond donors (Lipinski definition) is 4. The molecule has 0 saturated heterocycles. The van der Waals surface area contributed by atoms with Gasteiger partial charge in [-0.3, -0.25) is 0 Å². The molecule has 0 N–H and O–H groups in total. The van der Waals surface area contributed by atoms with Crippen LogP contribution in [0.1, 0.15) is 46.2 Å². The summed E-state index contributed by atoms with van der Waals surface area (Å²) in [5, 5.41) is 2.07. The maximum absolute atomic E-state index is 4.71. The lowest BCUT2D eigenvalue weighted by molar-refractivity contribution is 0.217. The van der Waals surface area contributed by atoms with Crippen LogP contribution in [0.2, 0.25) is 0 Å². The van der Waals surface area contributed by atoms with Gasteiger partial charge in [0.1, 0.15) is 0 Å². The average molecular weight is 493 g/mol. The Morgan fingerprint density at radius 2 is 0.844 bits per heavy atom.